The van der Waals surface area contributed by atoms with Crippen molar-refractivity contribution in [2.75, 3.05) is 19.1 Å². The number of ether oxygens (including phenoxy) is 1. The lowest BCUT2D eigenvalue weighted by atomic mass is 10.1. The zero-order valence-corrected chi connectivity index (χ0v) is 13.4. The van der Waals surface area contributed by atoms with Crippen molar-refractivity contribution in [3.63, 3.8) is 0 Å². The quantitative estimate of drug-likeness (QED) is 0.908. The molecule has 0 aromatic heterocycles. The van der Waals surface area contributed by atoms with E-state index >= 15 is 0 Å². The number of methoxy groups -OCH3 is 1. The minimum atomic E-state index is 0.527. The summed E-state index contributed by atoms with van der Waals surface area (Å²) in [6.45, 7) is 1.30. The molecule has 0 spiro atoms. The highest BCUT2D eigenvalue weighted by Gasteiger charge is 2.10. The number of para-hydroxylation sites is 1. The monoisotopic (exact) mass is 334 g/mol. The van der Waals surface area contributed by atoms with Gasteiger partial charge in [0.05, 0.1) is 7.11 Å². The number of nitrogens with two attached hydrogens (primary N) is 1. The first-order valence-corrected chi connectivity index (χ1v) is 7.26. The van der Waals surface area contributed by atoms with Crippen LogP contribution in [-0.2, 0) is 13.1 Å². The molecular weight excluding hydrogens is 316 g/mol. The minimum Gasteiger partial charge on any atom is -0.496 e. The Bertz CT molecular complexity index is 586. The number of anilines is 1. The van der Waals surface area contributed by atoms with Gasteiger partial charge < -0.3 is 15.4 Å². The highest BCUT2D eigenvalue weighted by molar-refractivity contribution is 9.10. The highest BCUT2D eigenvalue weighted by Crippen LogP contribution is 2.27. The van der Waals surface area contributed by atoms with Crippen LogP contribution in [0, 0.1) is 0 Å². The second kappa shape index (κ2) is 6.77. The summed E-state index contributed by atoms with van der Waals surface area (Å²) in [6.07, 6.45) is 0. The summed E-state index contributed by atoms with van der Waals surface area (Å²) in [4.78, 5) is 2.19. The van der Waals surface area contributed by atoms with Crippen LogP contribution in [0.3, 0.4) is 0 Å². The lowest BCUT2D eigenvalue weighted by Crippen LogP contribution is -2.19. The van der Waals surface area contributed by atoms with Crippen molar-refractivity contribution in [1.29, 1.82) is 0 Å². The van der Waals surface area contributed by atoms with Crippen LogP contribution in [-0.4, -0.2) is 14.2 Å². The molecule has 0 unspecified atom stereocenters. The van der Waals surface area contributed by atoms with Crippen molar-refractivity contribution in [3.05, 3.63) is 58.1 Å². The van der Waals surface area contributed by atoms with E-state index in [1.54, 1.807) is 7.11 Å². The third-order valence-corrected chi connectivity index (χ3v) is 3.77. The molecule has 0 saturated carbocycles. The zero-order valence-electron chi connectivity index (χ0n) is 11.8. The van der Waals surface area contributed by atoms with E-state index in [2.05, 4.69) is 46.1 Å². The number of hydrogen-bond donors (Lipinski definition) is 1. The Morgan fingerprint density at radius 2 is 1.90 bits per heavy atom. The molecule has 2 N–H and O–H groups in total. The van der Waals surface area contributed by atoms with Crippen molar-refractivity contribution in [2.24, 2.45) is 5.73 Å². The Morgan fingerprint density at radius 1 is 1.15 bits per heavy atom. The van der Waals surface area contributed by atoms with Crippen LogP contribution in [0.1, 0.15) is 11.1 Å². The molecule has 0 heterocycles. The van der Waals surface area contributed by atoms with Crippen LogP contribution < -0.4 is 15.4 Å². The van der Waals surface area contributed by atoms with Gasteiger partial charge in [-0.05, 0) is 23.8 Å². The van der Waals surface area contributed by atoms with E-state index in [-0.39, 0.29) is 0 Å². The normalized spacial score (nSPS) is 10.4. The second-order valence-corrected chi connectivity index (χ2v) is 5.56. The largest absolute Gasteiger partial charge is 0.496 e. The lowest BCUT2D eigenvalue weighted by molar-refractivity contribution is 0.409. The van der Waals surface area contributed by atoms with E-state index in [1.165, 1.54) is 0 Å². The van der Waals surface area contributed by atoms with Crippen LogP contribution in [0.15, 0.2) is 46.9 Å². The summed E-state index contributed by atoms with van der Waals surface area (Å²) in [6, 6.07) is 14.2. The molecule has 0 aliphatic heterocycles. The molecule has 2 aromatic rings. The smallest absolute Gasteiger partial charge is 0.123 e. The third kappa shape index (κ3) is 3.32. The SMILES string of the molecule is COc1ccccc1CN(C)c1cc(Br)ccc1CN. The van der Waals surface area contributed by atoms with E-state index in [1.807, 2.05) is 24.3 Å². The van der Waals surface area contributed by atoms with Crippen molar-refractivity contribution in [3.8, 4) is 5.75 Å². The fraction of sp³-hybridized carbons (Fsp3) is 0.250. The summed E-state index contributed by atoms with van der Waals surface area (Å²) < 4.78 is 6.45. The first-order chi connectivity index (χ1) is 9.65. The van der Waals surface area contributed by atoms with Gasteiger partial charge >= 0.3 is 0 Å². The molecule has 4 heteroatoms. The third-order valence-electron chi connectivity index (χ3n) is 3.28. The van der Waals surface area contributed by atoms with Crippen LogP contribution in [0.2, 0.25) is 0 Å². The van der Waals surface area contributed by atoms with Crippen LogP contribution >= 0.6 is 15.9 Å². The molecule has 2 aromatic carbocycles. The lowest BCUT2D eigenvalue weighted by Gasteiger charge is -2.23. The maximum atomic E-state index is 5.82. The van der Waals surface area contributed by atoms with E-state index in [4.69, 9.17) is 10.5 Å². The van der Waals surface area contributed by atoms with Gasteiger partial charge in [-0.1, -0.05) is 40.2 Å². The number of benzene rings is 2. The summed E-state index contributed by atoms with van der Waals surface area (Å²) in [5.41, 5.74) is 9.24. The number of halogens is 1. The molecule has 0 saturated heterocycles. The van der Waals surface area contributed by atoms with Crippen LogP contribution in [0.4, 0.5) is 5.69 Å². The minimum absolute atomic E-state index is 0.527. The molecule has 0 aliphatic rings. The molecule has 106 valence electrons. The average Bonchev–Trinajstić information content (AvgIpc) is 2.47. The molecule has 20 heavy (non-hydrogen) atoms. The summed E-state index contributed by atoms with van der Waals surface area (Å²) in [5, 5.41) is 0. The average molecular weight is 335 g/mol. The van der Waals surface area contributed by atoms with Gasteiger partial charge in [-0.25, -0.2) is 0 Å². The van der Waals surface area contributed by atoms with Gasteiger partial charge in [-0.2, -0.15) is 0 Å². The maximum Gasteiger partial charge on any atom is 0.123 e. The van der Waals surface area contributed by atoms with Crippen LogP contribution in [0.25, 0.3) is 0 Å². The Balaban J connectivity index is 2.28. The van der Waals surface area contributed by atoms with Gasteiger partial charge in [-0.3, -0.25) is 0 Å². The fourth-order valence-corrected chi connectivity index (χ4v) is 2.59. The molecule has 0 radical (unpaired) electrons. The molecule has 0 bridgehead atoms. The Morgan fingerprint density at radius 3 is 2.60 bits per heavy atom. The van der Waals surface area contributed by atoms with Crippen molar-refractivity contribution >= 4 is 21.6 Å². The van der Waals surface area contributed by atoms with Crippen molar-refractivity contribution < 1.29 is 4.74 Å². The Labute approximate surface area is 128 Å². The van der Waals surface area contributed by atoms with E-state index in [9.17, 15) is 0 Å². The Kier molecular flexibility index (Phi) is 5.04. The molecular formula is C16H19BrN2O. The molecule has 0 amide bonds. The Hall–Kier alpha value is -1.52. The number of hydrogen-bond acceptors (Lipinski definition) is 3. The summed E-state index contributed by atoms with van der Waals surface area (Å²) in [7, 11) is 3.76. The van der Waals surface area contributed by atoms with E-state index in [0.717, 1.165) is 33.6 Å². The molecule has 0 fully saturated rings. The maximum absolute atomic E-state index is 5.82. The number of rotatable bonds is 5. The molecule has 2 rings (SSSR count). The second-order valence-electron chi connectivity index (χ2n) is 4.65. The van der Waals surface area contributed by atoms with Crippen LogP contribution in [0.5, 0.6) is 5.75 Å². The van der Waals surface area contributed by atoms with E-state index < -0.39 is 0 Å². The predicted octanol–water partition coefficient (Wildman–Crippen LogP) is 3.55. The van der Waals surface area contributed by atoms with Gasteiger partial charge in [0, 0.05) is 35.9 Å². The molecule has 0 aliphatic carbocycles. The standard InChI is InChI=1S/C16H19BrN2O/c1-19(11-13-5-3-4-6-16(13)20-2)15-9-14(17)8-7-12(15)10-18/h3-9H,10-11,18H2,1-2H3. The van der Waals surface area contributed by atoms with Gasteiger partial charge in [0.1, 0.15) is 5.75 Å². The zero-order chi connectivity index (χ0) is 14.5. The number of nitrogens with zero attached hydrogens (tertiary/aromatic N) is 1. The molecule has 0 atom stereocenters. The first kappa shape index (κ1) is 14.9. The van der Waals surface area contributed by atoms with Crippen molar-refractivity contribution in [1.82, 2.24) is 0 Å². The molecule has 3 nitrogen and oxygen atoms in total. The summed E-state index contributed by atoms with van der Waals surface area (Å²) >= 11 is 3.52. The highest BCUT2D eigenvalue weighted by atomic mass is 79.9. The summed E-state index contributed by atoms with van der Waals surface area (Å²) in [5.74, 6) is 0.906. The topological polar surface area (TPSA) is 38.5 Å². The van der Waals surface area contributed by atoms with Gasteiger partial charge in [0.15, 0.2) is 0 Å². The van der Waals surface area contributed by atoms with Gasteiger partial charge in [-0.15, -0.1) is 0 Å². The first-order valence-electron chi connectivity index (χ1n) is 6.47. The van der Waals surface area contributed by atoms with Crippen molar-refractivity contribution in [2.45, 2.75) is 13.1 Å². The van der Waals surface area contributed by atoms with E-state index in [0.29, 0.717) is 6.54 Å². The van der Waals surface area contributed by atoms with Gasteiger partial charge in [0.25, 0.3) is 0 Å². The van der Waals surface area contributed by atoms with Gasteiger partial charge in [0.2, 0.25) is 0 Å². The fourth-order valence-electron chi connectivity index (χ4n) is 2.24. The predicted molar refractivity (Wildman–Crippen MR) is 87.1 cm³/mol.